The van der Waals surface area contributed by atoms with Crippen LogP contribution >= 0.6 is 11.6 Å². The molecule has 2 aromatic rings. The Bertz CT molecular complexity index is 942. The third-order valence-corrected chi connectivity index (χ3v) is 6.97. The number of hydrogen-bond acceptors (Lipinski definition) is 5. The van der Waals surface area contributed by atoms with Gasteiger partial charge in [-0.3, -0.25) is 9.78 Å². The van der Waals surface area contributed by atoms with E-state index in [1.54, 1.807) is 42.6 Å². The van der Waals surface area contributed by atoms with Crippen LogP contribution in [0.15, 0.2) is 47.5 Å². The molecule has 3 rings (SSSR count). The predicted molar refractivity (Wildman–Crippen MR) is 110 cm³/mol. The van der Waals surface area contributed by atoms with E-state index in [2.05, 4.69) is 10.3 Å². The fraction of sp³-hybridized carbons (Fsp3) is 0.400. The maximum Gasteiger partial charge on any atom is 0.243 e. The Morgan fingerprint density at radius 2 is 1.93 bits per heavy atom. The van der Waals surface area contributed by atoms with E-state index in [4.69, 9.17) is 16.3 Å². The first-order valence-corrected chi connectivity index (χ1v) is 11.3. The SMILES string of the molecule is CCOc1ccc(S(=O)(=O)N2CCC(C(=O)NCc3cc(Cl)ccn3)CC2)cc1. The molecule has 2 heterocycles. The highest BCUT2D eigenvalue weighted by molar-refractivity contribution is 7.89. The lowest BCUT2D eigenvalue weighted by Gasteiger charge is -2.30. The Morgan fingerprint density at radius 3 is 2.55 bits per heavy atom. The zero-order valence-electron chi connectivity index (χ0n) is 16.2. The van der Waals surface area contributed by atoms with Gasteiger partial charge in [0.25, 0.3) is 0 Å². The van der Waals surface area contributed by atoms with Crippen LogP contribution in [0, 0.1) is 5.92 Å². The average Bonchev–Trinajstić information content (AvgIpc) is 2.73. The summed E-state index contributed by atoms with van der Waals surface area (Å²) in [5.74, 6) is 0.321. The Morgan fingerprint density at radius 1 is 1.24 bits per heavy atom. The second kappa shape index (κ2) is 9.56. The van der Waals surface area contributed by atoms with E-state index < -0.39 is 10.0 Å². The van der Waals surface area contributed by atoms with Crippen LogP contribution in [0.4, 0.5) is 0 Å². The Balaban J connectivity index is 1.54. The van der Waals surface area contributed by atoms with Crippen molar-refractivity contribution in [3.63, 3.8) is 0 Å². The van der Waals surface area contributed by atoms with E-state index >= 15 is 0 Å². The smallest absolute Gasteiger partial charge is 0.243 e. The fourth-order valence-corrected chi connectivity index (χ4v) is 4.90. The monoisotopic (exact) mass is 437 g/mol. The lowest BCUT2D eigenvalue weighted by Crippen LogP contribution is -2.42. The summed E-state index contributed by atoms with van der Waals surface area (Å²) in [6.07, 6.45) is 2.55. The molecule has 1 saturated heterocycles. The summed E-state index contributed by atoms with van der Waals surface area (Å²) >= 11 is 5.92. The van der Waals surface area contributed by atoms with Crippen molar-refractivity contribution in [2.75, 3.05) is 19.7 Å². The second-order valence-electron chi connectivity index (χ2n) is 6.77. The van der Waals surface area contributed by atoms with Crippen molar-refractivity contribution in [3.8, 4) is 5.75 Å². The summed E-state index contributed by atoms with van der Waals surface area (Å²) in [5, 5.41) is 3.42. The summed E-state index contributed by atoms with van der Waals surface area (Å²) < 4.78 is 32.5. The van der Waals surface area contributed by atoms with Gasteiger partial charge in [0.15, 0.2) is 0 Å². The number of amides is 1. The standard InChI is InChI=1S/C20H24ClN3O4S/c1-2-28-18-3-5-19(6-4-18)29(26,27)24-11-8-15(9-12-24)20(25)23-14-17-13-16(21)7-10-22-17/h3-7,10,13,15H,2,8-9,11-12,14H2,1H3,(H,23,25). The number of ether oxygens (including phenoxy) is 1. The van der Waals surface area contributed by atoms with E-state index in [1.165, 1.54) is 4.31 Å². The largest absolute Gasteiger partial charge is 0.494 e. The highest BCUT2D eigenvalue weighted by atomic mass is 35.5. The van der Waals surface area contributed by atoms with Crippen LogP contribution in [0.2, 0.25) is 5.02 Å². The molecular weight excluding hydrogens is 414 g/mol. The van der Waals surface area contributed by atoms with Crippen LogP contribution in [-0.2, 0) is 21.4 Å². The molecule has 29 heavy (non-hydrogen) atoms. The first-order chi connectivity index (χ1) is 13.9. The van der Waals surface area contributed by atoms with Crippen molar-refractivity contribution in [1.82, 2.24) is 14.6 Å². The number of sulfonamides is 1. The summed E-state index contributed by atoms with van der Waals surface area (Å²) in [5.41, 5.74) is 0.682. The molecule has 0 spiro atoms. The Labute approximate surface area is 176 Å². The van der Waals surface area contributed by atoms with Gasteiger partial charge in [0, 0.05) is 30.2 Å². The number of halogens is 1. The topological polar surface area (TPSA) is 88.6 Å². The molecule has 156 valence electrons. The molecule has 0 atom stereocenters. The molecule has 9 heteroatoms. The van der Waals surface area contributed by atoms with Gasteiger partial charge in [-0.2, -0.15) is 4.31 Å². The van der Waals surface area contributed by atoms with E-state index in [-0.39, 0.29) is 16.7 Å². The minimum atomic E-state index is -3.58. The van der Waals surface area contributed by atoms with Crippen LogP contribution in [0.5, 0.6) is 5.75 Å². The molecule has 0 aliphatic carbocycles. The third-order valence-electron chi connectivity index (χ3n) is 4.82. The Kier molecular flexibility index (Phi) is 7.10. The minimum Gasteiger partial charge on any atom is -0.494 e. The molecule has 1 aliphatic rings. The highest BCUT2D eigenvalue weighted by Crippen LogP contribution is 2.25. The van der Waals surface area contributed by atoms with Gasteiger partial charge in [-0.1, -0.05) is 11.6 Å². The minimum absolute atomic E-state index is 0.0927. The van der Waals surface area contributed by atoms with Gasteiger partial charge in [0.2, 0.25) is 15.9 Å². The molecule has 1 aromatic heterocycles. The number of rotatable bonds is 7. The quantitative estimate of drug-likeness (QED) is 0.719. The number of nitrogens with zero attached hydrogens (tertiary/aromatic N) is 2. The molecule has 1 N–H and O–H groups in total. The first kappa shape index (κ1) is 21.5. The predicted octanol–water partition coefficient (Wildman–Crippen LogP) is 2.85. The highest BCUT2D eigenvalue weighted by Gasteiger charge is 2.32. The lowest BCUT2D eigenvalue weighted by molar-refractivity contribution is -0.126. The molecule has 0 radical (unpaired) electrons. The second-order valence-corrected chi connectivity index (χ2v) is 9.14. The molecule has 0 unspecified atom stereocenters. The molecule has 1 fully saturated rings. The van der Waals surface area contributed by atoms with Crippen molar-refractivity contribution in [3.05, 3.63) is 53.3 Å². The number of nitrogens with one attached hydrogen (secondary N) is 1. The van der Waals surface area contributed by atoms with Crippen molar-refractivity contribution < 1.29 is 17.9 Å². The van der Waals surface area contributed by atoms with Crippen LogP contribution in [0.1, 0.15) is 25.5 Å². The molecule has 1 amide bonds. The van der Waals surface area contributed by atoms with E-state index in [0.29, 0.717) is 55.5 Å². The van der Waals surface area contributed by atoms with E-state index in [9.17, 15) is 13.2 Å². The summed E-state index contributed by atoms with van der Waals surface area (Å²) in [4.78, 5) is 16.8. The van der Waals surface area contributed by atoms with Crippen molar-refractivity contribution in [2.45, 2.75) is 31.2 Å². The normalized spacial score (nSPS) is 15.8. The molecule has 0 saturated carbocycles. The zero-order valence-corrected chi connectivity index (χ0v) is 17.7. The molecular formula is C20H24ClN3O4S. The first-order valence-electron chi connectivity index (χ1n) is 9.51. The number of benzene rings is 1. The van der Waals surface area contributed by atoms with Gasteiger partial charge in [-0.25, -0.2) is 8.42 Å². The summed E-state index contributed by atoms with van der Waals surface area (Å²) in [6.45, 7) is 3.31. The van der Waals surface area contributed by atoms with Gasteiger partial charge < -0.3 is 10.1 Å². The van der Waals surface area contributed by atoms with Crippen LogP contribution in [0.25, 0.3) is 0 Å². The van der Waals surface area contributed by atoms with Gasteiger partial charge in [-0.05, 0) is 56.2 Å². The summed E-state index contributed by atoms with van der Waals surface area (Å²) in [7, 11) is -3.58. The van der Waals surface area contributed by atoms with Gasteiger partial charge in [-0.15, -0.1) is 0 Å². The number of hydrogen-bond donors (Lipinski definition) is 1. The van der Waals surface area contributed by atoms with E-state index in [1.807, 2.05) is 6.92 Å². The number of piperidine rings is 1. The number of aromatic nitrogens is 1. The summed E-state index contributed by atoms with van der Waals surface area (Å²) in [6, 6.07) is 9.79. The van der Waals surface area contributed by atoms with Gasteiger partial charge in [0.05, 0.1) is 23.7 Å². The van der Waals surface area contributed by atoms with Crippen LogP contribution < -0.4 is 10.1 Å². The number of carbonyl (C=O) groups is 1. The Hall–Kier alpha value is -2.16. The van der Waals surface area contributed by atoms with Crippen LogP contribution in [0.3, 0.4) is 0 Å². The number of pyridine rings is 1. The van der Waals surface area contributed by atoms with Crippen molar-refractivity contribution in [1.29, 1.82) is 0 Å². The van der Waals surface area contributed by atoms with Crippen molar-refractivity contribution >= 4 is 27.5 Å². The van der Waals surface area contributed by atoms with Crippen LogP contribution in [-0.4, -0.2) is 43.3 Å². The number of carbonyl (C=O) groups excluding carboxylic acids is 1. The molecule has 1 aliphatic heterocycles. The molecule has 7 nitrogen and oxygen atoms in total. The molecule has 0 bridgehead atoms. The van der Waals surface area contributed by atoms with Gasteiger partial charge >= 0.3 is 0 Å². The zero-order chi connectivity index (χ0) is 20.9. The average molecular weight is 438 g/mol. The third kappa shape index (κ3) is 5.46. The van der Waals surface area contributed by atoms with Crippen molar-refractivity contribution in [2.24, 2.45) is 5.92 Å². The van der Waals surface area contributed by atoms with E-state index in [0.717, 1.165) is 0 Å². The van der Waals surface area contributed by atoms with Gasteiger partial charge in [0.1, 0.15) is 5.75 Å². The fourth-order valence-electron chi connectivity index (χ4n) is 3.25. The lowest BCUT2D eigenvalue weighted by atomic mass is 9.97. The maximum atomic E-state index is 12.8. The molecule has 1 aromatic carbocycles. The maximum absolute atomic E-state index is 12.8.